The van der Waals surface area contributed by atoms with E-state index in [1.54, 1.807) is 12.2 Å². The summed E-state index contributed by atoms with van der Waals surface area (Å²) in [6.45, 7) is 4.05. The summed E-state index contributed by atoms with van der Waals surface area (Å²) in [5.41, 5.74) is 0.988. The van der Waals surface area contributed by atoms with Gasteiger partial charge in [0.15, 0.2) is 5.78 Å². The Morgan fingerprint density at radius 1 is 1.50 bits per heavy atom. The van der Waals surface area contributed by atoms with Crippen molar-refractivity contribution in [3.8, 4) is 0 Å². The Labute approximate surface area is 89.2 Å². The largest absolute Gasteiger partial charge is 0.290 e. The molecule has 0 radical (unpaired) electrons. The minimum Gasteiger partial charge on any atom is -0.290 e. The van der Waals surface area contributed by atoms with Crippen molar-refractivity contribution in [2.45, 2.75) is 17.6 Å². The zero-order valence-corrected chi connectivity index (χ0v) is 10.1. The molecular formula is C9H10Br2O. The van der Waals surface area contributed by atoms with Crippen molar-refractivity contribution in [2.24, 2.45) is 5.41 Å². The first kappa shape index (κ1) is 10.2. The topological polar surface area (TPSA) is 17.1 Å². The van der Waals surface area contributed by atoms with Gasteiger partial charge in [-0.3, -0.25) is 4.79 Å². The molecular weight excluding hydrogens is 284 g/mol. The number of hydrogen-bond donors (Lipinski definition) is 0. The van der Waals surface area contributed by atoms with Gasteiger partial charge in [0.05, 0.1) is 3.74 Å². The fraction of sp³-hybridized carbons (Fsp3) is 0.444. The van der Waals surface area contributed by atoms with Crippen molar-refractivity contribution < 1.29 is 4.79 Å². The van der Waals surface area contributed by atoms with E-state index in [4.69, 9.17) is 0 Å². The highest BCUT2D eigenvalue weighted by Gasteiger charge is 2.32. The second-order valence-electron chi connectivity index (χ2n) is 3.15. The zero-order chi connectivity index (χ0) is 9.35. The molecule has 0 aromatic carbocycles. The first-order chi connectivity index (χ1) is 5.47. The van der Waals surface area contributed by atoms with Gasteiger partial charge in [-0.1, -0.05) is 50.4 Å². The normalized spacial score (nSPS) is 29.4. The zero-order valence-electron chi connectivity index (χ0n) is 6.97. The van der Waals surface area contributed by atoms with Crippen LogP contribution in [0.3, 0.4) is 0 Å². The van der Waals surface area contributed by atoms with Crippen molar-refractivity contribution >= 4 is 37.6 Å². The van der Waals surface area contributed by atoms with E-state index in [0.717, 1.165) is 5.57 Å². The third-order valence-corrected chi connectivity index (χ3v) is 4.16. The molecule has 0 spiro atoms. The van der Waals surface area contributed by atoms with E-state index in [2.05, 4.69) is 38.8 Å². The van der Waals surface area contributed by atoms with E-state index in [-0.39, 0.29) is 14.9 Å². The highest BCUT2D eigenvalue weighted by molar-refractivity contribution is 9.24. The van der Waals surface area contributed by atoms with Crippen LogP contribution >= 0.6 is 31.9 Å². The molecule has 0 aromatic heterocycles. The van der Waals surface area contributed by atoms with E-state index in [0.29, 0.717) is 0 Å². The molecule has 1 nitrogen and oxygen atoms in total. The van der Waals surface area contributed by atoms with E-state index in [9.17, 15) is 4.79 Å². The Morgan fingerprint density at radius 2 is 2.08 bits per heavy atom. The summed E-state index contributed by atoms with van der Waals surface area (Å²) in [5.74, 6) is 0.0747. The average Bonchev–Trinajstić information content (AvgIpc) is 1.97. The van der Waals surface area contributed by atoms with Crippen LogP contribution in [0.5, 0.6) is 0 Å². The summed E-state index contributed by atoms with van der Waals surface area (Å²) in [5, 5.41) is 0. The molecule has 1 atom stereocenters. The Kier molecular flexibility index (Phi) is 2.94. The van der Waals surface area contributed by atoms with E-state index >= 15 is 0 Å². The summed E-state index contributed by atoms with van der Waals surface area (Å²) in [4.78, 5) is 11.0. The van der Waals surface area contributed by atoms with Crippen molar-refractivity contribution in [3.05, 3.63) is 23.8 Å². The summed E-state index contributed by atoms with van der Waals surface area (Å²) in [7, 11) is 0. The third-order valence-electron chi connectivity index (χ3n) is 2.26. The SMILES string of the molecule is CC1=CC(=O)C=C[C@@]1(C)C(Br)Br. The second kappa shape index (κ2) is 3.46. The number of alkyl halides is 2. The molecule has 0 N–H and O–H groups in total. The van der Waals surface area contributed by atoms with Crippen molar-refractivity contribution in [1.82, 2.24) is 0 Å². The summed E-state index contributed by atoms with van der Waals surface area (Å²) < 4.78 is 0.165. The van der Waals surface area contributed by atoms with Crippen LogP contribution in [0, 0.1) is 5.41 Å². The lowest BCUT2D eigenvalue weighted by Crippen LogP contribution is -2.25. The molecule has 0 unspecified atom stereocenters. The molecule has 0 aliphatic heterocycles. The first-order valence-corrected chi connectivity index (χ1v) is 5.50. The van der Waals surface area contributed by atoms with E-state index < -0.39 is 0 Å². The number of allylic oxidation sites excluding steroid dienone is 4. The molecule has 0 saturated heterocycles. The highest BCUT2D eigenvalue weighted by Crippen LogP contribution is 2.41. The van der Waals surface area contributed by atoms with Gasteiger partial charge in [0.25, 0.3) is 0 Å². The van der Waals surface area contributed by atoms with Gasteiger partial charge in [-0.2, -0.15) is 0 Å². The van der Waals surface area contributed by atoms with Crippen LogP contribution in [0.2, 0.25) is 0 Å². The molecule has 0 aromatic rings. The summed E-state index contributed by atoms with van der Waals surface area (Å²) >= 11 is 6.93. The lowest BCUT2D eigenvalue weighted by Gasteiger charge is -2.30. The maximum absolute atomic E-state index is 11.0. The molecule has 12 heavy (non-hydrogen) atoms. The third kappa shape index (κ3) is 1.72. The van der Waals surface area contributed by atoms with Crippen LogP contribution in [0.25, 0.3) is 0 Å². The first-order valence-electron chi connectivity index (χ1n) is 3.67. The lowest BCUT2D eigenvalue weighted by atomic mass is 9.81. The quantitative estimate of drug-likeness (QED) is 0.679. The van der Waals surface area contributed by atoms with Gasteiger partial charge in [-0.15, -0.1) is 0 Å². The fourth-order valence-corrected chi connectivity index (χ4v) is 2.08. The molecule has 0 heterocycles. The van der Waals surface area contributed by atoms with Crippen LogP contribution in [-0.4, -0.2) is 9.52 Å². The van der Waals surface area contributed by atoms with Crippen LogP contribution in [0.1, 0.15) is 13.8 Å². The maximum atomic E-state index is 11.0. The van der Waals surface area contributed by atoms with Crippen LogP contribution in [-0.2, 0) is 4.79 Å². The summed E-state index contributed by atoms with van der Waals surface area (Å²) in [6.07, 6.45) is 5.22. The highest BCUT2D eigenvalue weighted by atomic mass is 79.9. The van der Waals surface area contributed by atoms with Crippen molar-refractivity contribution in [3.63, 3.8) is 0 Å². The Balaban J connectivity index is 3.02. The van der Waals surface area contributed by atoms with Gasteiger partial charge in [-0.25, -0.2) is 0 Å². The van der Waals surface area contributed by atoms with Gasteiger partial charge < -0.3 is 0 Å². The van der Waals surface area contributed by atoms with Crippen molar-refractivity contribution in [2.75, 3.05) is 0 Å². The number of halogens is 2. The lowest BCUT2D eigenvalue weighted by molar-refractivity contribution is -0.110. The van der Waals surface area contributed by atoms with E-state index in [1.165, 1.54) is 0 Å². The Bertz CT molecular complexity index is 266. The molecule has 0 saturated carbocycles. The standard InChI is InChI=1S/C9H10Br2O/c1-6-5-7(12)3-4-9(6,2)8(10)11/h3-5,8H,1-2H3/t9-/m1/s1. The molecule has 0 fully saturated rings. The predicted octanol–water partition coefficient (Wildman–Crippen LogP) is 3.19. The monoisotopic (exact) mass is 292 g/mol. The minimum atomic E-state index is -0.0894. The number of hydrogen-bond acceptors (Lipinski definition) is 1. The van der Waals surface area contributed by atoms with Crippen molar-refractivity contribution in [1.29, 1.82) is 0 Å². The fourth-order valence-electron chi connectivity index (χ4n) is 1.05. The van der Waals surface area contributed by atoms with Crippen LogP contribution < -0.4 is 0 Å². The molecule has 3 heteroatoms. The molecule has 1 aliphatic carbocycles. The predicted molar refractivity (Wildman–Crippen MR) is 57.7 cm³/mol. The van der Waals surface area contributed by atoms with Crippen LogP contribution in [0.15, 0.2) is 23.8 Å². The van der Waals surface area contributed by atoms with Gasteiger partial charge in [0.2, 0.25) is 0 Å². The number of carbonyl (C=O) groups is 1. The Morgan fingerprint density at radius 3 is 2.50 bits per heavy atom. The van der Waals surface area contributed by atoms with Gasteiger partial charge in [0.1, 0.15) is 0 Å². The molecule has 66 valence electrons. The summed E-state index contributed by atoms with van der Waals surface area (Å²) in [6, 6.07) is 0. The molecule has 0 amide bonds. The smallest absolute Gasteiger partial charge is 0.178 e. The maximum Gasteiger partial charge on any atom is 0.178 e. The molecule has 1 aliphatic rings. The molecule has 1 rings (SSSR count). The Hall–Kier alpha value is 0.110. The minimum absolute atomic E-state index is 0.0747. The van der Waals surface area contributed by atoms with E-state index in [1.807, 2.05) is 13.0 Å². The average molecular weight is 294 g/mol. The van der Waals surface area contributed by atoms with Crippen LogP contribution in [0.4, 0.5) is 0 Å². The second-order valence-corrected chi connectivity index (χ2v) is 6.21. The van der Waals surface area contributed by atoms with Gasteiger partial charge in [0, 0.05) is 5.41 Å². The molecule has 0 bridgehead atoms. The van der Waals surface area contributed by atoms with Gasteiger partial charge in [-0.05, 0) is 19.1 Å². The number of ketones is 1. The van der Waals surface area contributed by atoms with Gasteiger partial charge >= 0.3 is 0 Å². The number of carbonyl (C=O) groups excluding carboxylic acids is 1. The number of rotatable bonds is 1.